The van der Waals surface area contributed by atoms with Crippen LogP contribution in [0.5, 0.6) is 0 Å². The molecule has 0 spiro atoms. The summed E-state index contributed by atoms with van der Waals surface area (Å²) in [5.41, 5.74) is 0. The van der Waals surface area contributed by atoms with Crippen molar-refractivity contribution in [2.24, 2.45) is 0 Å². The van der Waals surface area contributed by atoms with Gasteiger partial charge >= 0.3 is 5.97 Å². The van der Waals surface area contributed by atoms with Crippen LogP contribution in [0.1, 0.15) is 124 Å². The molecule has 0 fully saturated rings. The second-order valence-electron chi connectivity index (χ2n) is 12.7. The fraction of sp³-hybridized carbons (Fsp3) is 0.974. The van der Waals surface area contributed by atoms with Gasteiger partial charge in [0.15, 0.2) is 0 Å². The van der Waals surface area contributed by atoms with Crippen molar-refractivity contribution in [3.63, 3.8) is 0 Å². The van der Waals surface area contributed by atoms with E-state index in [0.717, 1.165) is 45.9 Å². The van der Waals surface area contributed by atoms with E-state index in [9.17, 15) is 4.79 Å². The van der Waals surface area contributed by atoms with Crippen molar-refractivity contribution in [3.8, 4) is 0 Å². The van der Waals surface area contributed by atoms with Crippen LogP contribution in [0, 0.1) is 0 Å². The van der Waals surface area contributed by atoms with Crippen LogP contribution in [0.2, 0.25) is 0 Å². The number of aliphatic carboxylic acids is 1. The first-order chi connectivity index (χ1) is 24.7. The molecule has 0 radical (unpaired) electrons. The topological polar surface area (TPSA) is 132 Å². The Balaban J connectivity index is 3.08. The van der Waals surface area contributed by atoms with E-state index in [4.69, 9.17) is 30.2 Å². The molecule has 49 heavy (non-hydrogen) atoms. The largest absolute Gasteiger partial charge is 0.480 e. The highest BCUT2D eigenvalue weighted by atomic mass is 16.5. The van der Waals surface area contributed by atoms with Gasteiger partial charge in [-0.1, -0.05) is 77.0 Å². The van der Waals surface area contributed by atoms with Crippen molar-refractivity contribution in [2.45, 2.75) is 122 Å². The molecule has 0 aromatic rings. The number of rotatable bonds is 45. The summed E-state index contributed by atoms with van der Waals surface area (Å²) in [6, 6.07) is 0. The van der Waals surface area contributed by atoms with Gasteiger partial charge in [0, 0.05) is 32.8 Å². The molecule has 0 aliphatic rings. The number of carboxylic acid groups (broad SMARTS) is 1. The minimum atomic E-state index is -1.09. The summed E-state index contributed by atoms with van der Waals surface area (Å²) < 4.78 is 34.0. The zero-order valence-corrected chi connectivity index (χ0v) is 31.7. The van der Waals surface area contributed by atoms with Gasteiger partial charge in [-0.2, -0.15) is 0 Å². The Labute approximate surface area is 302 Å². The first kappa shape index (κ1) is 46.1. The predicted octanol–water partition coefficient (Wildman–Crippen LogP) is 5.55. The van der Waals surface area contributed by atoms with Crippen LogP contribution in [0.25, 0.3) is 0 Å². The third kappa shape index (κ3) is 47.1. The number of hydrogen-bond donors (Lipinski definition) is 5. The molecule has 0 bridgehead atoms. The van der Waals surface area contributed by atoms with Crippen LogP contribution in [0.15, 0.2) is 0 Å². The van der Waals surface area contributed by atoms with Gasteiger partial charge in [0.05, 0.1) is 47.6 Å². The van der Waals surface area contributed by atoms with Gasteiger partial charge in [0.25, 0.3) is 0 Å². The van der Waals surface area contributed by atoms with Crippen molar-refractivity contribution >= 4 is 5.97 Å². The lowest BCUT2D eigenvalue weighted by Gasteiger charge is -2.09. The van der Waals surface area contributed by atoms with Crippen LogP contribution in [-0.2, 0) is 28.5 Å². The Morgan fingerprint density at radius 3 is 1.20 bits per heavy atom. The number of unbranched alkanes of at least 4 members (excludes halogenated alkanes) is 15. The Bertz CT molecular complexity index is 658. The number of carbonyl (C=O) groups is 1. The highest BCUT2D eigenvalue weighted by Gasteiger charge is 1.98. The Morgan fingerprint density at radius 1 is 0.429 bits per heavy atom. The number of hydrogen-bond acceptors (Lipinski definition) is 10. The molecule has 5 N–H and O–H groups in total. The van der Waals surface area contributed by atoms with E-state index < -0.39 is 19.2 Å². The van der Waals surface area contributed by atoms with Gasteiger partial charge in [-0.3, -0.25) is 0 Å². The zero-order valence-electron chi connectivity index (χ0n) is 32.7. The highest BCUT2D eigenvalue weighted by Crippen LogP contribution is 2.13. The maximum absolute atomic E-state index is 10.4. The second-order valence-corrected chi connectivity index (χ2v) is 12.7. The summed E-state index contributed by atoms with van der Waals surface area (Å²) in [5.74, 6) is -1.09. The summed E-state index contributed by atoms with van der Waals surface area (Å²) in [5, 5.41) is 22.3. The molecule has 0 saturated carbocycles. The zero-order chi connectivity index (χ0) is 36.3. The van der Waals surface area contributed by atoms with Crippen molar-refractivity contribution in [2.75, 3.05) is 118 Å². The van der Waals surface area contributed by atoms with E-state index in [1.54, 1.807) is 0 Å². The third-order valence-corrected chi connectivity index (χ3v) is 8.16. The van der Waals surface area contributed by atoms with E-state index in [1.807, 2.05) is 0 Å². The molecular formula is C38H80N4O7. The van der Waals surface area contributed by atoms with Gasteiger partial charge in [-0.05, 0) is 78.2 Å². The van der Waals surface area contributed by atoms with Crippen LogP contribution < -0.4 is 21.3 Å². The maximum atomic E-state index is 10.4. The molecule has 0 aliphatic carbocycles. The van der Waals surface area contributed by atoms with Crippen molar-refractivity contribution < 1.29 is 35.0 Å². The minimum Gasteiger partial charge on any atom is -0.480 e. The maximum Gasteiger partial charge on any atom is 0.329 e. The Morgan fingerprint density at radius 2 is 0.776 bits per heavy atom. The molecule has 1 atom stereocenters. The van der Waals surface area contributed by atoms with Crippen LogP contribution in [0.3, 0.4) is 0 Å². The van der Waals surface area contributed by atoms with Gasteiger partial charge in [-0.15, -0.1) is 0 Å². The minimum absolute atomic E-state index is 0.0473. The van der Waals surface area contributed by atoms with E-state index in [-0.39, 0.29) is 6.61 Å². The molecule has 1 unspecified atom stereocenters. The molecule has 0 amide bonds. The quantitative estimate of drug-likeness (QED) is 0.0511. The van der Waals surface area contributed by atoms with Gasteiger partial charge in [-0.25, -0.2) is 4.79 Å². The van der Waals surface area contributed by atoms with Crippen LogP contribution in [-0.4, -0.2) is 129 Å². The average Bonchev–Trinajstić information content (AvgIpc) is 3.11. The fourth-order valence-electron chi connectivity index (χ4n) is 5.28. The summed E-state index contributed by atoms with van der Waals surface area (Å²) in [6.45, 7) is 13.1. The normalized spacial score (nSPS) is 12.5. The molecular weight excluding hydrogens is 624 g/mol. The molecule has 0 rings (SSSR count). The van der Waals surface area contributed by atoms with E-state index >= 15 is 0 Å². The monoisotopic (exact) mass is 706 g/mol. The van der Waals surface area contributed by atoms with Crippen LogP contribution in [0.4, 0.5) is 0 Å². The Hall–Kier alpha value is -0.890. The van der Waals surface area contributed by atoms with Gasteiger partial charge in [0.1, 0.15) is 6.61 Å². The summed E-state index contributed by atoms with van der Waals surface area (Å²) in [7, 11) is 0. The second kappa shape index (κ2) is 45.1. The van der Waals surface area contributed by atoms with Crippen LogP contribution >= 0.6 is 0 Å². The molecule has 0 aliphatic heterocycles. The van der Waals surface area contributed by atoms with Gasteiger partial charge < -0.3 is 50.1 Å². The predicted molar refractivity (Wildman–Crippen MR) is 202 cm³/mol. The lowest BCUT2D eigenvalue weighted by atomic mass is 10.0. The highest BCUT2D eigenvalue weighted by molar-refractivity contribution is 5.67. The first-order valence-corrected chi connectivity index (χ1v) is 20.1. The van der Waals surface area contributed by atoms with Crippen molar-refractivity contribution in [1.29, 1.82) is 0 Å². The lowest BCUT2D eigenvalue weighted by molar-refractivity contribution is -0.142. The van der Waals surface area contributed by atoms with E-state index in [0.29, 0.717) is 46.1 Å². The molecule has 0 saturated heterocycles. The van der Waals surface area contributed by atoms with Gasteiger partial charge in [0.2, 0.25) is 0 Å². The SMILES string of the molecule is [2H]C(COCCNCCOCCOCCNCCCCNCCCCNCCCCCCCCCCCCCCCCOCC)OCC(=O)O. The fourth-order valence-corrected chi connectivity index (χ4v) is 5.28. The summed E-state index contributed by atoms with van der Waals surface area (Å²) in [6.07, 6.45) is 24.3. The summed E-state index contributed by atoms with van der Waals surface area (Å²) >= 11 is 0. The standard InChI is InChI=1S/C38H80N4O7/c1-2-45-29-20-14-12-10-8-6-4-3-5-7-9-11-13-15-21-39-22-16-17-23-40-24-18-19-25-41-26-30-46-33-34-47-31-27-42-28-32-48-35-36-49-37-38(43)44/h39-42H,2-37H2,1H3,(H,43,44)/i36D. The van der Waals surface area contributed by atoms with E-state index in [2.05, 4.69) is 28.2 Å². The molecule has 0 aromatic heterocycles. The Kier molecular flexibility index (Phi) is 42.5. The molecule has 0 heterocycles. The molecule has 294 valence electrons. The molecule has 11 heteroatoms. The van der Waals surface area contributed by atoms with Crippen molar-refractivity contribution in [3.05, 3.63) is 0 Å². The molecule has 0 aromatic carbocycles. The molecule has 11 nitrogen and oxygen atoms in total. The summed E-state index contributed by atoms with van der Waals surface area (Å²) in [4.78, 5) is 10.4. The third-order valence-electron chi connectivity index (χ3n) is 8.16. The first-order valence-electron chi connectivity index (χ1n) is 20.6. The van der Waals surface area contributed by atoms with E-state index in [1.165, 1.54) is 122 Å². The lowest BCUT2D eigenvalue weighted by Crippen LogP contribution is -2.25. The number of nitrogens with one attached hydrogen (secondary N) is 4. The van der Waals surface area contributed by atoms with Crippen molar-refractivity contribution in [1.82, 2.24) is 21.3 Å². The number of ether oxygens (including phenoxy) is 5. The number of carboxylic acids is 1. The smallest absolute Gasteiger partial charge is 0.329 e. The average molecular weight is 706 g/mol.